The zero-order valence-corrected chi connectivity index (χ0v) is 12.9. The van der Waals surface area contributed by atoms with E-state index in [4.69, 9.17) is 4.74 Å². The zero-order valence-electron chi connectivity index (χ0n) is 12.9. The maximum Gasteiger partial charge on any atom is 0.127 e. The number of para-hydroxylation sites is 1. The van der Waals surface area contributed by atoms with Crippen molar-refractivity contribution in [3.8, 4) is 11.5 Å². The molecule has 1 fully saturated rings. The second kappa shape index (κ2) is 7.97. The average molecular weight is 296 g/mol. The molecule has 2 aromatic rings. The molecule has 2 N–H and O–H groups in total. The summed E-state index contributed by atoms with van der Waals surface area (Å²) in [7, 11) is 0. The Labute approximate surface area is 132 Å². The van der Waals surface area contributed by atoms with Crippen molar-refractivity contribution in [1.82, 2.24) is 10.6 Å². The minimum Gasteiger partial charge on any atom is -0.457 e. The summed E-state index contributed by atoms with van der Waals surface area (Å²) in [6.07, 6.45) is 2.58. The second-order valence-electron chi connectivity index (χ2n) is 5.88. The highest BCUT2D eigenvalue weighted by Gasteiger charge is 2.11. The standard InChI is InChI=1S/C19H24N2O/c1-2-4-18(5-3-1)22-19-8-6-16(7-9-19)14-21-15-17-10-12-20-13-11-17/h1-9,17,20-21H,10-15H2. The van der Waals surface area contributed by atoms with Gasteiger partial charge in [-0.15, -0.1) is 0 Å². The number of nitrogens with one attached hydrogen (secondary N) is 2. The van der Waals surface area contributed by atoms with Crippen LogP contribution in [-0.2, 0) is 6.54 Å². The third-order valence-electron chi connectivity index (χ3n) is 4.12. The van der Waals surface area contributed by atoms with Gasteiger partial charge in [0.2, 0.25) is 0 Å². The van der Waals surface area contributed by atoms with Crippen molar-refractivity contribution in [3.63, 3.8) is 0 Å². The van der Waals surface area contributed by atoms with Crippen LogP contribution < -0.4 is 15.4 Å². The molecule has 1 saturated heterocycles. The monoisotopic (exact) mass is 296 g/mol. The molecule has 116 valence electrons. The van der Waals surface area contributed by atoms with Crippen LogP contribution in [0.25, 0.3) is 0 Å². The van der Waals surface area contributed by atoms with E-state index in [1.807, 2.05) is 42.5 Å². The molecule has 1 heterocycles. The summed E-state index contributed by atoms with van der Waals surface area (Å²) < 4.78 is 5.81. The van der Waals surface area contributed by atoms with Crippen molar-refractivity contribution >= 4 is 0 Å². The predicted octanol–water partition coefficient (Wildman–Crippen LogP) is 3.57. The minimum absolute atomic E-state index is 0.821. The number of benzene rings is 2. The van der Waals surface area contributed by atoms with E-state index in [9.17, 15) is 0 Å². The number of hydrogen-bond acceptors (Lipinski definition) is 3. The Morgan fingerprint density at radius 3 is 2.32 bits per heavy atom. The first-order valence-electron chi connectivity index (χ1n) is 8.13. The molecule has 0 bridgehead atoms. The molecule has 2 aromatic carbocycles. The Balaban J connectivity index is 1.45. The first kappa shape index (κ1) is 15.1. The Bertz CT molecular complexity index is 547. The molecule has 3 nitrogen and oxygen atoms in total. The lowest BCUT2D eigenvalue weighted by atomic mass is 9.98. The molecule has 3 heteroatoms. The molecule has 0 unspecified atom stereocenters. The fourth-order valence-electron chi connectivity index (χ4n) is 2.81. The van der Waals surface area contributed by atoms with E-state index in [1.54, 1.807) is 0 Å². The summed E-state index contributed by atoms with van der Waals surface area (Å²) in [5, 5.41) is 6.98. The first-order chi connectivity index (χ1) is 10.9. The summed E-state index contributed by atoms with van der Waals surface area (Å²) in [6.45, 7) is 4.37. The SMILES string of the molecule is c1ccc(Oc2ccc(CNCC3CCNCC3)cc2)cc1. The lowest BCUT2D eigenvalue weighted by molar-refractivity contribution is 0.356. The van der Waals surface area contributed by atoms with Crippen LogP contribution >= 0.6 is 0 Å². The molecule has 0 radical (unpaired) electrons. The lowest BCUT2D eigenvalue weighted by Crippen LogP contribution is -2.33. The summed E-state index contributed by atoms with van der Waals surface area (Å²) in [6, 6.07) is 18.2. The quantitative estimate of drug-likeness (QED) is 0.855. The van der Waals surface area contributed by atoms with Crippen molar-refractivity contribution in [3.05, 3.63) is 60.2 Å². The molecular weight excluding hydrogens is 272 g/mol. The number of piperidine rings is 1. The molecule has 0 aromatic heterocycles. The van der Waals surface area contributed by atoms with Gasteiger partial charge in [-0.2, -0.15) is 0 Å². The summed E-state index contributed by atoms with van der Waals surface area (Å²) in [4.78, 5) is 0. The molecule has 0 spiro atoms. The van der Waals surface area contributed by atoms with E-state index in [-0.39, 0.29) is 0 Å². The highest BCUT2D eigenvalue weighted by Crippen LogP contribution is 2.21. The van der Waals surface area contributed by atoms with Crippen LogP contribution in [0.3, 0.4) is 0 Å². The van der Waals surface area contributed by atoms with Gasteiger partial charge in [-0.25, -0.2) is 0 Å². The molecule has 3 rings (SSSR count). The lowest BCUT2D eigenvalue weighted by Gasteiger charge is -2.22. The Hall–Kier alpha value is -1.84. The summed E-state index contributed by atoms with van der Waals surface area (Å²) >= 11 is 0. The van der Waals surface area contributed by atoms with Crippen LogP contribution in [0.2, 0.25) is 0 Å². The number of rotatable bonds is 6. The van der Waals surface area contributed by atoms with Crippen LogP contribution in [-0.4, -0.2) is 19.6 Å². The van der Waals surface area contributed by atoms with E-state index in [0.29, 0.717) is 0 Å². The average Bonchev–Trinajstić information content (AvgIpc) is 2.58. The van der Waals surface area contributed by atoms with Gasteiger partial charge in [0, 0.05) is 6.54 Å². The largest absolute Gasteiger partial charge is 0.457 e. The molecule has 1 aliphatic rings. The maximum absolute atomic E-state index is 5.81. The van der Waals surface area contributed by atoms with Gasteiger partial charge < -0.3 is 15.4 Å². The van der Waals surface area contributed by atoms with Gasteiger partial charge in [0.25, 0.3) is 0 Å². The molecule has 1 aliphatic heterocycles. The van der Waals surface area contributed by atoms with Crippen LogP contribution in [0.15, 0.2) is 54.6 Å². The fraction of sp³-hybridized carbons (Fsp3) is 0.368. The third kappa shape index (κ3) is 4.58. The highest BCUT2D eigenvalue weighted by atomic mass is 16.5. The van der Waals surface area contributed by atoms with Crippen molar-refractivity contribution in [2.75, 3.05) is 19.6 Å². The Morgan fingerprint density at radius 1 is 0.909 bits per heavy atom. The van der Waals surface area contributed by atoms with Crippen molar-refractivity contribution in [2.24, 2.45) is 5.92 Å². The van der Waals surface area contributed by atoms with Gasteiger partial charge in [-0.1, -0.05) is 30.3 Å². The van der Waals surface area contributed by atoms with Crippen molar-refractivity contribution in [2.45, 2.75) is 19.4 Å². The van der Waals surface area contributed by atoms with Crippen LogP contribution in [0.1, 0.15) is 18.4 Å². The van der Waals surface area contributed by atoms with E-state index in [0.717, 1.165) is 43.6 Å². The van der Waals surface area contributed by atoms with Gasteiger partial charge in [-0.05, 0) is 68.2 Å². The van der Waals surface area contributed by atoms with Gasteiger partial charge in [0.15, 0.2) is 0 Å². The van der Waals surface area contributed by atoms with E-state index in [1.165, 1.54) is 18.4 Å². The minimum atomic E-state index is 0.821. The van der Waals surface area contributed by atoms with E-state index >= 15 is 0 Å². The van der Waals surface area contributed by atoms with Gasteiger partial charge >= 0.3 is 0 Å². The van der Waals surface area contributed by atoms with Crippen molar-refractivity contribution in [1.29, 1.82) is 0 Å². The Kier molecular flexibility index (Phi) is 5.46. The first-order valence-corrected chi connectivity index (χ1v) is 8.13. The third-order valence-corrected chi connectivity index (χ3v) is 4.12. The smallest absolute Gasteiger partial charge is 0.127 e. The van der Waals surface area contributed by atoms with Gasteiger partial charge in [0.1, 0.15) is 11.5 Å². The molecule has 0 atom stereocenters. The van der Waals surface area contributed by atoms with Crippen LogP contribution in [0.4, 0.5) is 0 Å². The molecular formula is C19H24N2O. The fourth-order valence-corrected chi connectivity index (χ4v) is 2.81. The summed E-state index contributed by atoms with van der Waals surface area (Å²) in [5.74, 6) is 2.58. The highest BCUT2D eigenvalue weighted by molar-refractivity contribution is 5.32. The van der Waals surface area contributed by atoms with E-state index < -0.39 is 0 Å². The van der Waals surface area contributed by atoms with Crippen LogP contribution in [0.5, 0.6) is 11.5 Å². The molecule has 0 aliphatic carbocycles. The molecule has 0 saturated carbocycles. The van der Waals surface area contributed by atoms with Crippen LogP contribution in [0, 0.1) is 5.92 Å². The topological polar surface area (TPSA) is 33.3 Å². The summed E-state index contributed by atoms with van der Waals surface area (Å²) in [5.41, 5.74) is 1.30. The van der Waals surface area contributed by atoms with Gasteiger partial charge in [-0.3, -0.25) is 0 Å². The normalized spacial score (nSPS) is 15.6. The molecule has 22 heavy (non-hydrogen) atoms. The van der Waals surface area contributed by atoms with Crippen molar-refractivity contribution < 1.29 is 4.74 Å². The molecule has 0 amide bonds. The van der Waals surface area contributed by atoms with E-state index in [2.05, 4.69) is 22.8 Å². The predicted molar refractivity (Wildman–Crippen MR) is 90.3 cm³/mol. The maximum atomic E-state index is 5.81. The second-order valence-corrected chi connectivity index (χ2v) is 5.88. The van der Waals surface area contributed by atoms with Gasteiger partial charge in [0.05, 0.1) is 0 Å². The zero-order chi connectivity index (χ0) is 15.0. The Morgan fingerprint density at radius 2 is 1.59 bits per heavy atom. The number of hydrogen-bond donors (Lipinski definition) is 2. The number of ether oxygens (including phenoxy) is 1.